The van der Waals surface area contributed by atoms with Gasteiger partial charge in [0.1, 0.15) is 0 Å². The molecule has 0 saturated heterocycles. The second kappa shape index (κ2) is 10.0. The van der Waals surface area contributed by atoms with Crippen molar-refractivity contribution in [1.82, 2.24) is 0 Å². The molecule has 13 heavy (non-hydrogen) atoms. The molecule has 0 aromatic carbocycles. The van der Waals surface area contributed by atoms with Gasteiger partial charge in [0.2, 0.25) is 0 Å². The summed E-state index contributed by atoms with van der Waals surface area (Å²) in [5.74, 6) is 0.849. The Morgan fingerprint density at radius 2 is 1.69 bits per heavy atom. The summed E-state index contributed by atoms with van der Waals surface area (Å²) in [7, 11) is 1.79. The van der Waals surface area contributed by atoms with E-state index in [0.29, 0.717) is 0 Å². The van der Waals surface area contributed by atoms with E-state index < -0.39 is 0 Å². The van der Waals surface area contributed by atoms with Crippen molar-refractivity contribution in [2.24, 2.45) is 5.92 Å². The van der Waals surface area contributed by atoms with E-state index in [1.54, 1.807) is 7.11 Å². The smallest absolute Gasteiger partial charge is 0.0464 e. The van der Waals surface area contributed by atoms with Crippen LogP contribution in [-0.4, -0.2) is 13.7 Å². The Kier molecular flexibility index (Phi) is 10.0. The summed E-state index contributed by atoms with van der Waals surface area (Å²) in [6.07, 6.45) is 9.62. The summed E-state index contributed by atoms with van der Waals surface area (Å²) < 4.78 is 5.06. The molecule has 0 radical (unpaired) electrons. The first kappa shape index (κ1) is 13.0. The maximum Gasteiger partial charge on any atom is 0.0464 e. The fourth-order valence-corrected chi connectivity index (χ4v) is 1.56. The maximum atomic E-state index is 5.06. The number of hydrogen-bond acceptors (Lipinski definition) is 1. The van der Waals surface area contributed by atoms with Gasteiger partial charge in [0.05, 0.1) is 0 Å². The first-order valence-electron chi connectivity index (χ1n) is 5.80. The summed E-state index contributed by atoms with van der Waals surface area (Å²) in [6, 6.07) is 0. The van der Waals surface area contributed by atoms with E-state index in [-0.39, 0.29) is 0 Å². The van der Waals surface area contributed by atoms with Crippen molar-refractivity contribution in [2.45, 2.75) is 58.8 Å². The molecule has 1 atom stereocenters. The lowest BCUT2D eigenvalue weighted by Crippen LogP contribution is -1.99. The molecular formula is C12H26O. The molecular weight excluding hydrogens is 160 g/mol. The van der Waals surface area contributed by atoms with Gasteiger partial charge in [-0.3, -0.25) is 0 Å². The zero-order valence-corrected chi connectivity index (χ0v) is 9.64. The summed E-state index contributed by atoms with van der Waals surface area (Å²) in [5, 5.41) is 0. The van der Waals surface area contributed by atoms with Crippen molar-refractivity contribution in [3.05, 3.63) is 0 Å². The number of methoxy groups -OCH3 is 1. The van der Waals surface area contributed by atoms with Crippen LogP contribution in [0.1, 0.15) is 58.8 Å². The van der Waals surface area contributed by atoms with Crippen molar-refractivity contribution >= 4 is 0 Å². The molecule has 80 valence electrons. The molecule has 1 unspecified atom stereocenters. The lowest BCUT2D eigenvalue weighted by atomic mass is 10.00. The molecule has 0 fully saturated rings. The molecule has 0 aromatic heterocycles. The minimum atomic E-state index is 0.849. The van der Waals surface area contributed by atoms with Crippen molar-refractivity contribution < 1.29 is 4.74 Å². The number of hydrogen-bond donors (Lipinski definition) is 0. The quantitative estimate of drug-likeness (QED) is 0.494. The fraction of sp³-hybridized carbons (Fsp3) is 1.00. The van der Waals surface area contributed by atoms with Gasteiger partial charge in [-0.2, -0.15) is 0 Å². The zero-order valence-electron chi connectivity index (χ0n) is 9.64. The average Bonchev–Trinajstić information content (AvgIpc) is 2.14. The van der Waals surface area contributed by atoms with Gasteiger partial charge in [0, 0.05) is 13.7 Å². The highest BCUT2D eigenvalue weighted by atomic mass is 16.5. The van der Waals surface area contributed by atoms with Crippen LogP contribution in [0, 0.1) is 5.92 Å². The predicted molar refractivity (Wildman–Crippen MR) is 59.0 cm³/mol. The van der Waals surface area contributed by atoms with Crippen LogP contribution in [0.3, 0.4) is 0 Å². The largest absolute Gasteiger partial charge is 0.385 e. The Labute approximate surface area is 83.9 Å². The van der Waals surface area contributed by atoms with Crippen molar-refractivity contribution in [2.75, 3.05) is 13.7 Å². The molecule has 0 amide bonds. The van der Waals surface area contributed by atoms with Crippen LogP contribution in [0.15, 0.2) is 0 Å². The van der Waals surface area contributed by atoms with Crippen molar-refractivity contribution in [1.29, 1.82) is 0 Å². The molecule has 0 aliphatic carbocycles. The Balaban J connectivity index is 3.03. The SMILES string of the molecule is CCCCCCCC(C)CCOC. The summed E-state index contributed by atoms with van der Waals surface area (Å²) in [5.41, 5.74) is 0. The molecule has 0 bridgehead atoms. The van der Waals surface area contributed by atoms with Gasteiger partial charge in [-0.25, -0.2) is 0 Å². The molecule has 0 saturated carbocycles. The van der Waals surface area contributed by atoms with Gasteiger partial charge in [0.25, 0.3) is 0 Å². The second-order valence-corrected chi connectivity index (χ2v) is 4.09. The summed E-state index contributed by atoms with van der Waals surface area (Å²) >= 11 is 0. The van der Waals surface area contributed by atoms with Gasteiger partial charge in [-0.15, -0.1) is 0 Å². The van der Waals surface area contributed by atoms with E-state index in [0.717, 1.165) is 12.5 Å². The van der Waals surface area contributed by atoms with Gasteiger partial charge in [0.15, 0.2) is 0 Å². The zero-order chi connectivity index (χ0) is 9.94. The van der Waals surface area contributed by atoms with Crippen LogP contribution in [0.5, 0.6) is 0 Å². The van der Waals surface area contributed by atoms with Gasteiger partial charge < -0.3 is 4.74 Å². The molecule has 0 N–H and O–H groups in total. The summed E-state index contributed by atoms with van der Waals surface area (Å²) in [6.45, 7) is 5.52. The Hall–Kier alpha value is -0.0400. The van der Waals surface area contributed by atoms with E-state index in [1.165, 1.54) is 44.9 Å². The number of unbranched alkanes of at least 4 members (excludes halogenated alkanes) is 4. The van der Waals surface area contributed by atoms with E-state index in [4.69, 9.17) is 4.74 Å². The minimum Gasteiger partial charge on any atom is -0.385 e. The monoisotopic (exact) mass is 186 g/mol. The van der Waals surface area contributed by atoms with Gasteiger partial charge >= 0.3 is 0 Å². The average molecular weight is 186 g/mol. The molecule has 0 rings (SSSR count). The third kappa shape index (κ3) is 9.88. The fourth-order valence-electron chi connectivity index (χ4n) is 1.56. The standard InChI is InChI=1S/C12H26O/c1-4-5-6-7-8-9-12(2)10-11-13-3/h12H,4-11H2,1-3H3. The third-order valence-corrected chi connectivity index (χ3v) is 2.62. The predicted octanol–water partition coefficient (Wildman–Crippen LogP) is 4.02. The van der Waals surface area contributed by atoms with Crippen LogP contribution in [0.2, 0.25) is 0 Å². The third-order valence-electron chi connectivity index (χ3n) is 2.62. The molecule has 1 heteroatoms. The molecule has 0 aliphatic heterocycles. The van der Waals surface area contributed by atoms with Crippen LogP contribution >= 0.6 is 0 Å². The van der Waals surface area contributed by atoms with E-state index in [2.05, 4.69) is 13.8 Å². The topological polar surface area (TPSA) is 9.23 Å². The van der Waals surface area contributed by atoms with Gasteiger partial charge in [-0.1, -0.05) is 52.4 Å². The molecule has 0 aromatic rings. The summed E-state index contributed by atoms with van der Waals surface area (Å²) in [4.78, 5) is 0. The Bertz CT molecular complexity index is 91.1. The lowest BCUT2D eigenvalue weighted by Gasteiger charge is -2.09. The minimum absolute atomic E-state index is 0.849. The van der Waals surface area contributed by atoms with E-state index in [9.17, 15) is 0 Å². The molecule has 0 heterocycles. The van der Waals surface area contributed by atoms with Crippen LogP contribution < -0.4 is 0 Å². The first-order valence-corrected chi connectivity index (χ1v) is 5.80. The Morgan fingerprint density at radius 3 is 2.31 bits per heavy atom. The normalized spacial score (nSPS) is 13.2. The molecule has 0 spiro atoms. The maximum absolute atomic E-state index is 5.06. The van der Waals surface area contributed by atoms with Crippen molar-refractivity contribution in [3.8, 4) is 0 Å². The van der Waals surface area contributed by atoms with Crippen LogP contribution in [0.25, 0.3) is 0 Å². The highest BCUT2D eigenvalue weighted by Gasteiger charge is 2.00. The van der Waals surface area contributed by atoms with E-state index in [1.807, 2.05) is 0 Å². The second-order valence-electron chi connectivity index (χ2n) is 4.09. The number of ether oxygens (including phenoxy) is 1. The molecule has 0 aliphatic rings. The first-order chi connectivity index (χ1) is 6.31. The van der Waals surface area contributed by atoms with Crippen LogP contribution in [0.4, 0.5) is 0 Å². The highest BCUT2D eigenvalue weighted by Crippen LogP contribution is 2.13. The van der Waals surface area contributed by atoms with Crippen LogP contribution in [-0.2, 0) is 4.74 Å². The van der Waals surface area contributed by atoms with E-state index >= 15 is 0 Å². The van der Waals surface area contributed by atoms with Gasteiger partial charge in [-0.05, 0) is 12.3 Å². The highest BCUT2D eigenvalue weighted by molar-refractivity contribution is 4.53. The number of rotatable bonds is 9. The Morgan fingerprint density at radius 1 is 1.00 bits per heavy atom. The lowest BCUT2D eigenvalue weighted by molar-refractivity contribution is 0.177. The van der Waals surface area contributed by atoms with Crippen molar-refractivity contribution in [3.63, 3.8) is 0 Å². The molecule has 1 nitrogen and oxygen atoms in total.